The molecule has 19 heavy (non-hydrogen) atoms. The lowest BCUT2D eigenvalue weighted by atomic mass is 9.96. The standard InChI is InChI=1S/C14H29N3O2/c1-5-12-11-17(10-9-16(12)4)8-6-7-14(2,15-3)13(18)19/h12,15H,5-11H2,1-4H3,(H,18,19). The molecule has 1 saturated heterocycles. The molecule has 5 nitrogen and oxygen atoms in total. The fourth-order valence-electron chi connectivity index (χ4n) is 2.65. The molecule has 112 valence electrons. The largest absolute Gasteiger partial charge is 0.480 e. The molecule has 0 saturated carbocycles. The molecule has 0 radical (unpaired) electrons. The molecule has 1 fully saturated rings. The fourth-order valence-corrected chi connectivity index (χ4v) is 2.65. The van der Waals surface area contributed by atoms with Crippen LogP contribution in [0, 0.1) is 0 Å². The molecule has 1 aliphatic rings. The van der Waals surface area contributed by atoms with Gasteiger partial charge in [0, 0.05) is 25.7 Å². The maximum absolute atomic E-state index is 11.2. The average molecular weight is 271 g/mol. The van der Waals surface area contributed by atoms with Gasteiger partial charge in [0.05, 0.1) is 0 Å². The highest BCUT2D eigenvalue weighted by Gasteiger charge is 2.31. The lowest BCUT2D eigenvalue weighted by Gasteiger charge is -2.39. The van der Waals surface area contributed by atoms with Crippen molar-refractivity contribution in [2.45, 2.75) is 44.7 Å². The quantitative estimate of drug-likeness (QED) is 0.719. The van der Waals surface area contributed by atoms with E-state index in [2.05, 4.69) is 29.1 Å². The minimum atomic E-state index is -0.795. The Bertz CT molecular complexity index is 298. The number of hydrogen-bond acceptors (Lipinski definition) is 4. The average Bonchev–Trinajstić information content (AvgIpc) is 2.40. The van der Waals surface area contributed by atoms with Crippen molar-refractivity contribution >= 4 is 5.97 Å². The van der Waals surface area contributed by atoms with E-state index in [1.165, 1.54) is 6.42 Å². The van der Waals surface area contributed by atoms with E-state index in [0.29, 0.717) is 12.5 Å². The van der Waals surface area contributed by atoms with Crippen molar-refractivity contribution in [2.75, 3.05) is 40.3 Å². The normalized spacial score (nSPS) is 25.2. The van der Waals surface area contributed by atoms with Crippen molar-refractivity contribution < 1.29 is 9.90 Å². The van der Waals surface area contributed by atoms with Gasteiger partial charge in [-0.15, -0.1) is 0 Å². The van der Waals surface area contributed by atoms with Gasteiger partial charge in [0.2, 0.25) is 0 Å². The van der Waals surface area contributed by atoms with Crippen molar-refractivity contribution in [1.29, 1.82) is 0 Å². The summed E-state index contributed by atoms with van der Waals surface area (Å²) in [5, 5.41) is 12.1. The number of likely N-dealkylation sites (N-methyl/N-ethyl adjacent to an activating group) is 2. The number of hydrogen-bond donors (Lipinski definition) is 2. The SMILES string of the molecule is CCC1CN(CCCC(C)(NC)C(=O)O)CCN1C. The zero-order valence-corrected chi connectivity index (χ0v) is 12.8. The van der Waals surface area contributed by atoms with Gasteiger partial charge in [0.1, 0.15) is 5.54 Å². The summed E-state index contributed by atoms with van der Waals surface area (Å²) in [6, 6.07) is 0.643. The molecule has 0 spiro atoms. The summed E-state index contributed by atoms with van der Waals surface area (Å²) in [5.74, 6) is -0.764. The Labute approximate surface area is 117 Å². The van der Waals surface area contributed by atoms with Crippen LogP contribution in [0.2, 0.25) is 0 Å². The van der Waals surface area contributed by atoms with E-state index in [1.54, 1.807) is 14.0 Å². The van der Waals surface area contributed by atoms with E-state index in [-0.39, 0.29) is 0 Å². The van der Waals surface area contributed by atoms with Gasteiger partial charge in [-0.05, 0) is 46.8 Å². The van der Waals surface area contributed by atoms with Gasteiger partial charge in [0.25, 0.3) is 0 Å². The predicted molar refractivity (Wildman–Crippen MR) is 77.5 cm³/mol. The molecule has 0 aliphatic carbocycles. The van der Waals surface area contributed by atoms with E-state index in [9.17, 15) is 9.90 Å². The Morgan fingerprint density at radius 1 is 1.47 bits per heavy atom. The first kappa shape index (κ1) is 16.4. The Balaban J connectivity index is 2.35. The molecule has 2 atom stereocenters. The van der Waals surface area contributed by atoms with Gasteiger partial charge in [-0.1, -0.05) is 6.92 Å². The van der Waals surface area contributed by atoms with E-state index in [4.69, 9.17) is 0 Å². The Hall–Kier alpha value is -0.650. The molecule has 0 aromatic heterocycles. The number of piperazine rings is 1. The Morgan fingerprint density at radius 3 is 2.68 bits per heavy atom. The topological polar surface area (TPSA) is 55.8 Å². The van der Waals surface area contributed by atoms with Gasteiger partial charge in [-0.25, -0.2) is 0 Å². The van der Waals surface area contributed by atoms with Crippen LogP contribution in [0.5, 0.6) is 0 Å². The molecule has 1 heterocycles. The molecule has 1 rings (SSSR count). The van der Waals surface area contributed by atoms with Crippen LogP contribution in [0.15, 0.2) is 0 Å². The molecule has 0 aromatic rings. The number of carboxylic acid groups (broad SMARTS) is 1. The third kappa shape index (κ3) is 4.44. The second-order valence-electron chi connectivity index (χ2n) is 5.83. The molecular weight excluding hydrogens is 242 g/mol. The van der Waals surface area contributed by atoms with Crippen molar-refractivity contribution in [3.05, 3.63) is 0 Å². The highest BCUT2D eigenvalue weighted by molar-refractivity contribution is 5.78. The minimum absolute atomic E-state index is 0.643. The number of carbonyl (C=O) groups is 1. The third-order valence-electron chi connectivity index (χ3n) is 4.51. The van der Waals surface area contributed by atoms with Crippen LogP contribution in [0.4, 0.5) is 0 Å². The third-order valence-corrected chi connectivity index (χ3v) is 4.51. The summed E-state index contributed by atoms with van der Waals surface area (Å²) in [7, 11) is 3.91. The van der Waals surface area contributed by atoms with Crippen LogP contribution < -0.4 is 5.32 Å². The van der Waals surface area contributed by atoms with E-state index in [0.717, 1.165) is 32.6 Å². The zero-order valence-electron chi connectivity index (χ0n) is 12.8. The molecule has 0 aromatic carbocycles. The highest BCUT2D eigenvalue weighted by atomic mass is 16.4. The summed E-state index contributed by atoms with van der Waals surface area (Å²) in [6.07, 6.45) is 2.77. The van der Waals surface area contributed by atoms with Gasteiger partial charge >= 0.3 is 5.97 Å². The first-order chi connectivity index (χ1) is 8.92. The molecule has 5 heteroatoms. The second kappa shape index (κ2) is 7.22. The van der Waals surface area contributed by atoms with E-state index in [1.807, 2.05) is 0 Å². The van der Waals surface area contributed by atoms with Gasteiger partial charge in [-0.2, -0.15) is 0 Å². The van der Waals surface area contributed by atoms with Gasteiger partial charge < -0.3 is 20.2 Å². The van der Waals surface area contributed by atoms with Crippen LogP contribution in [-0.4, -0.2) is 72.7 Å². The van der Waals surface area contributed by atoms with Gasteiger partial charge in [-0.3, -0.25) is 4.79 Å². The maximum atomic E-state index is 11.2. The van der Waals surface area contributed by atoms with Crippen LogP contribution in [0.25, 0.3) is 0 Å². The van der Waals surface area contributed by atoms with E-state index < -0.39 is 11.5 Å². The smallest absolute Gasteiger partial charge is 0.323 e. The van der Waals surface area contributed by atoms with Crippen LogP contribution in [0.1, 0.15) is 33.1 Å². The monoisotopic (exact) mass is 271 g/mol. The summed E-state index contributed by atoms with van der Waals surface area (Å²) in [4.78, 5) is 16.1. The van der Waals surface area contributed by atoms with Crippen LogP contribution in [0.3, 0.4) is 0 Å². The zero-order chi connectivity index (χ0) is 14.5. The number of nitrogens with one attached hydrogen (secondary N) is 1. The number of rotatable bonds is 7. The molecular formula is C14H29N3O2. The summed E-state index contributed by atoms with van der Waals surface area (Å²) < 4.78 is 0. The molecule has 2 unspecified atom stereocenters. The van der Waals surface area contributed by atoms with Crippen molar-refractivity contribution in [3.8, 4) is 0 Å². The van der Waals surface area contributed by atoms with Crippen LogP contribution in [-0.2, 0) is 4.79 Å². The molecule has 1 aliphatic heterocycles. The van der Waals surface area contributed by atoms with Crippen LogP contribution >= 0.6 is 0 Å². The van der Waals surface area contributed by atoms with Crippen molar-refractivity contribution in [2.24, 2.45) is 0 Å². The first-order valence-corrected chi connectivity index (χ1v) is 7.28. The first-order valence-electron chi connectivity index (χ1n) is 7.28. The molecule has 2 N–H and O–H groups in total. The molecule has 0 amide bonds. The number of carboxylic acids is 1. The van der Waals surface area contributed by atoms with Crippen molar-refractivity contribution in [1.82, 2.24) is 15.1 Å². The number of aliphatic carboxylic acids is 1. The lowest BCUT2D eigenvalue weighted by molar-refractivity contribution is -0.144. The highest BCUT2D eigenvalue weighted by Crippen LogP contribution is 2.15. The number of nitrogens with zero attached hydrogens (tertiary/aromatic N) is 2. The Kier molecular flexibility index (Phi) is 6.23. The van der Waals surface area contributed by atoms with Crippen molar-refractivity contribution in [3.63, 3.8) is 0 Å². The lowest BCUT2D eigenvalue weighted by Crippen LogP contribution is -2.52. The van der Waals surface area contributed by atoms with E-state index >= 15 is 0 Å². The summed E-state index contributed by atoms with van der Waals surface area (Å²) in [5.41, 5.74) is -0.795. The minimum Gasteiger partial charge on any atom is -0.480 e. The maximum Gasteiger partial charge on any atom is 0.323 e. The second-order valence-corrected chi connectivity index (χ2v) is 5.83. The molecule has 0 bridgehead atoms. The fraction of sp³-hybridized carbons (Fsp3) is 0.929. The summed E-state index contributed by atoms with van der Waals surface area (Å²) >= 11 is 0. The Morgan fingerprint density at radius 2 is 2.16 bits per heavy atom. The van der Waals surface area contributed by atoms with Gasteiger partial charge in [0.15, 0.2) is 0 Å². The predicted octanol–water partition coefficient (Wildman–Crippen LogP) is 0.855. The summed E-state index contributed by atoms with van der Waals surface area (Å²) in [6.45, 7) is 8.30.